The molecule has 0 radical (unpaired) electrons. The van der Waals surface area contributed by atoms with Crippen molar-refractivity contribution in [2.24, 2.45) is 11.3 Å². The van der Waals surface area contributed by atoms with Crippen LogP contribution in [-0.2, 0) is 4.79 Å². The highest BCUT2D eigenvalue weighted by Gasteiger charge is 2.38. The third-order valence-corrected chi connectivity index (χ3v) is 3.58. The summed E-state index contributed by atoms with van der Waals surface area (Å²) in [5.41, 5.74) is 0.268. The fraction of sp³-hybridized carbons (Fsp3) is 0.923. The Labute approximate surface area is 98.8 Å². The number of carbonyl (C=O) groups is 1. The molecule has 1 saturated carbocycles. The van der Waals surface area contributed by atoms with Gasteiger partial charge in [0.25, 0.3) is 0 Å². The highest BCUT2D eigenvalue weighted by atomic mass is 16.4. The quantitative estimate of drug-likeness (QED) is 0.785. The highest BCUT2D eigenvalue weighted by molar-refractivity contribution is 5.69. The molecule has 0 aromatic carbocycles. The molecule has 0 amide bonds. The van der Waals surface area contributed by atoms with Crippen molar-refractivity contribution in [2.75, 3.05) is 13.1 Å². The van der Waals surface area contributed by atoms with Crippen LogP contribution >= 0.6 is 0 Å². The number of carboxylic acid groups (broad SMARTS) is 1. The van der Waals surface area contributed by atoms with Gasteiger partial charge in [0.1, 0.15) is 0 Å². The lowest BCUT2D eigenvalue weighted by Gasteiger charge is -2.37. The van der Waals surface area contributed by atoms with E-state index in [-0.39, 0.29) is 12.0 Å². The third-order valence-electron chi connectivity index (χ3n) is 3.58. The predicted octanol–water partition coefficient (Wildman–Crippen LogP) is 2.61. The summed E-state index contributed by atoms with van der Waals surface area (Å²) >= 11 is 0. The average molecular weight is 227 g/mol. The Balaban J connectivity index is 2.71. The predicted molar refractivity (Wildman–Crippen MR) is 65.5 cm³/mol. The zero-order valence-corrected chi connectivity index (χ0v) is 11.0. The van der Waals surface area contributed by atoms with E-state index in [0.29, 0.717) is 12.0 Å². The van der Waals surface area contributed by atoms with Gasteiger partial charge in [0, 0.05) is 12.6 Å². The van der Waals surface area contributed by atoms with Gasteiger partial charge in [-0.15, -0.1) is 0 Å². The van der Waals surface area contributed by atoms with E-state index in [9.17, 15) is 4.79 Å². The standard InChI is InChI=1S/C13H25NO2/c1-10(2)8-14(9-12(15)16)11-6-5-7-13(11,3)4/h10-11H,5-9H2,1-4H3,(H,15,16). The molecule has 1 N–H and O–H groups in total. The zero-order valence-electron chi connectivity index (χ0n) is 11.0. The summed E-state index contributed by atoms with van der Waals surface area (Å²) < 4.78 is 0. The lowest BCUT2D eigenvalue weighted by Crippen LogP contribution is -2.46. The van der Waals surface area contributed by atoms with E-state index in [2.05, 4.69) is 32.6 Å². The summed E-state index contributed by atoms with van der Waals surface area (Å²) in [5, 5.41) is 8.99. The van der Waals surface area contributed by atoms with Crippen LogP contribution in [0, 0.1) is 11.3 Å². The number of hydrogen-bond acceptors (Lipinski definition) is 2. The molecule has 0 heterocycles. The minimum atomic E-state index is -0.705. The van der Waals surface area contributed by atoms with E-state index in [4.69, 9.17) is 5.11 Å². The van der Waals surface area contributed by atoms with Gasteiger partial charge in [0.2, 0.25) is 0 Å². The van der Waals surface area contributed by atoms with Crippen LogP contribution in [0.1, 0.15) is 47.0 Å². The Morgan fingerprint density at radius 3 is 2.50 bits per heavy atom. The van der Waals surface area contributed by atoms with Gasteiger partial charge >= 0.3 is 5.97 Å². The van der Waals surface area contributed by atoms with Gasteiger partial charge in [-0.1, -0.05) is 34.1 Å². The molecule has 0 bridgehead atoms. The monoisotopic (exact) mass is 227 g/mol. The molecule has 1 atom stereocenters. The highest BCUT2D eigenvalue weighted by Crippen LogP contribution is 2.40. The number of nitrogens with zero attached hydrogens (tertiary/aromatic N) is 1. The van der Waals surface area contributed by atoms with Gasteiger partial charge < -0.3 is 5.11 Å². The van der Waals surface area contributed by atoms with Crippen LogP contribution < -0.4 is 0 Å². The lowest BCUT2D eigenvalue weighted by atomic mass is 9.86. The smallest absolute Gasteiger partial charge is 0.317 e. The summed E-state index contributed by atoms with van der Waals surface area (Å²) in [6, 6.07) is 0.436. The normalized spacial score (nSPS) is 24.2. The van der Waals surface area contributed by atoms with Crippen molar-refractivity contribution in [1.29, 1.82) is 0 Å². The molecule has 0 aliphatic heterocycles. The Kier molecular flexibility index (Phi) is 4.36. The number of aliphatic carboxylic acids is 1. The summed E-state index contributed by atoms with van der Waals surface area (Å²) in [5.74, 6) is -0.181. The molecule has 3 nitrogen and oxygen atoms in total. The van der Waals surface area contributed by atoms with Gasteiger partial charge in [-0.25, -0.2) is 0 Å². The summed E-state index contributed by atoms with van der Waals surface area (Å²) in [6.45, 7) is 9.90. The first-order chi connectivity index (χ1) is 7.33. The molecule has 0 saturated heterocycles. The second-order valence-electron chi connectivity index (χ2n) is 6.11. The van der Waals surface area contributed by atoms with Crippen molar-refractivity contribution >= 4 is 5.97 Å². The minimum Gasteiger partial charge on any atom is -0.480 e. The molecule has 1 rings (SSSR count). The fourth-order valence-electron chi connectivity index (χ4n) is 2.93. The van der Waals surface area contributed by atoms with Crippen LogP contribution in [0.3, 0.4) is 0 Å². The van der Waals surface area contributed by atoms with Crippen LogP contribution in [0.15, 0.2) is 0 Å². The van der Waals surface area contributed by atoms with Crippen molar-refractivity contribution in [1.82, 2.24) is 4.90 Å². The molecule has 3 heteroatoms. The zero-order chi connectivity index (χ0) is 12.3. The summed E-state index contributed by atoms with van der Waals surface area (Å²) in [7, 11) is 0. The molecule has 94 valence electrons. The van der Waals surface area contributed by atoms with Gasteiger partial charge in [-0.05, 0) is 24.2 Å². The molecule has 0 spiro atoms. The summed E-state index contributed by atoms with van der Waals surface area (Å²) in [6.07, 6.45) is 3.59. The average Bonchev–Trinajstić information content (AvgIpc) is 2.42. The van der Waals surface area contributed by atoms with Crippen molar-refractivity contribution < 1.29 is 9.90 Å². The van der Waals surface area contributed by atoms with Crippen molar-refractivity contribution in [3.05, 3.63) is 0 Å². The summed E-state index contributed by atoms with van der Waals surface area (Å²) in [4.78, 5) is 13.1. The van der Waals surface area contributed by atoms with Crippen molar-refractivity contribution in [3.8, 4) is 0 Å². The third kappa shape index (κ3) is 3.48. The van der Waals surface area contributed by atoms with Crippen LogP contribution in [0.5, 0.6) is 0 Å². The molecule has 16 heavy (non-hydrogen) atoms. The van der Waals surface area contributed by atoms with E-state index < -0.39 is 5.97 Å². The maximum absolute atomic E-state index is 10.9. The van der Waals surface area contributed by atoms with Crippen molar-refractivity contribution in [3.63, 3.8) is 0 Å². The first-order valence-electron chi connectivity index (χ1n) is 6.29. The largest absolute Gasteiger partial charge is 0.480 e. The second kappa shape index (κ2) is 5.17. The number of rotatable bonds is 5. The topological polar surface area (TPSA) is 40.5 Å². The van der Waals surface area contributed by atoms with Crippen LogP contribution in [0.25, 0.3) is 0 Å². The number of carboxylic acids is 1. The molecule has 1 aliphatic carbocycles. The first-order valence-corrected chi connectivity index (χ1v) is 6.29. The SMILES string of the molecule is CC(C)CN(CC(=O)O)C1CCCC1(C)C. The van der Waals surface area contributed by atoms with Crippen LogP contribution in [0.4, 0.5) is 0 Å². The molecule has 0 aromatic heterocycles. The Bertz CT molecular complexity index is 248. The maximum Gasteiger partial charge on any atom is 0.317 e. The second-order valence-corrected chi connectivity index (χ2v) is 6.11. The molecule has 1 unspecified atom stereocenters. The van der Waals surface area contributed by atoms with E-state index in [0.717, 1.165) is 13.0 Å². The number of hydrogen-bond donors (Lipinski definition) is 1. The molecular weight excluding hydrogens is 202 g/mol. The van der Waals surface area contributed by atoms with Gasteiger partial charge in [0.05, 0.1) is 6.54 Å². The molecule has 1 aliphatic rings. The molecular formula is C13H25NO2. The van der Waals surface area contributed by atoms with Crippen LogP contribution in [-0.4, -0.2) is 35.1 Å². The van der Waals surface area contributed by atoms with Gasteiger partial charge in [-0.2, -0.15) is 0 Å². The van der Waals surface area contributed by atoms with E-state index in [1.807, 2.05) is 0 Å². The first kappa shape index (κ1) is 13.5. The van der Waals surface area contributed by atoms with Gasteiger partial charge in [-0.3, -0.25) is 9.69 Å². The van der Waals surface area contributed by atoms with Gasteiger partial charge in [0.15, 0.2) is 0 Å². The Morgan fingerprint density at radius 2 is 2.12 bits per heavy atom. The van der Waals surface area contributed by atoms with E-state index in [1.54, 1.807) is 0 Å². The van der Waals surface area contributed by atoms with E-state index >= 15 is 0 Å². The fourth-order valence-corrected chi connectivity index (χ4v) is 2.93. The maximum atomic E-state index is 10.9. The van der Waals surface area contributed by atoms with Crippen molar-refractivity contribution in [2.45, 2.75) is 53.0 Å². The Morgan fingerprint density at radius 1 is 1.50 bits per heavy atom. The minimum absolute atomic E-state index is 0.187. The molecule has 0 aromatic rings. The van der Waals surface area contributed by atoms with E-state index in [1.165, 1.54) is 12.8 Å². The van der Waals surface area contributed by atoms with Crippen LogP contribution in [0.2, 0.25) is 0 Å². The lowest BCUT2D eigenvalue weighted by molar-refractivity contribution is -0.139. The molecule has 1 fully saturated rings. The Hall–Kier alpha value is -0.570.